The molecule has 0 saturated carbocycles. The van der Waals surface area contributed by atoms with Crippen molar-refractivity contribution in [3.63, 3.8) is 0 Å². The van der Waals surface area contributed by atoms with Crippen LogP contribution in [0.2, 0.25) is 0 Å². The second kappa shape index (κ2) is 4.48. The lowest BCUT2D eigenvalue weighted by Crippen LogP contribution is -2.50. The zero-order valence-corrected chi connectivity index (χ0v) is 10.5. The lowest BCUT2D eigenvalue weighted by Gasteiger charge is -2.37. The van der Waals surface area contributed by atoms with Crippen molar-refractivity contribution in [1.82, 2.24) is 0 Å². The number of hydrogen-bond donors (Lipinski definition) is 0. The minimum Gasteiger partial charge on any atom is -0.347 e. The average molecular weight is 244 g/mol. The van der Waals surface area contributed by atoms with E-state index in [-0.39, 0.29) is 43.3 Å². The minimum absolute atomic E-state index is 0.0246. The van der Waals surface area contributed by atoms with E-state index >= 15 is 0 Å². The molecule has 17 heavy (non-hydrogen) atoms. The number of rotatable bonds is 2. The fourth-order valence-electron chi connectivity index (χ4n) is 2.70. The summed E-state index contributed by atoms with van der Waals surface area (Å²) >= 11 is 0. The molecule has 3 fully saturated rings. The summed E-state index contributed by atoms with van der Waals surface area (Å²) in [6.07, 6.45) is 0.833. The fourth-order valence-corrected chi connectivity index (χ4v) is 2.70. The quantitative estimate of drug-likeness (QED) is 0.734. The molecule has 3 rings (SSSR count). The van der Waals surface area contributed by atoms with E-state index in [1.807, 2.05) is 20.8 Å². The maximum Gasteiger partial charge on any atom is 0.190 e. The summed E-state index contributed by atoms with van der Waals surface area (Å²) < 4.78 is 28.9. The smallest absolute Gasteiger partial charge is 0.190 e. The van der Waals surface area contributed by atoms with E-state index in [0.29, 0.717) is 0 Å². The zero-order valence-electron chi connectivity index (χ0n) is 10.5. The van der Waals surface area contributed by atoms with Crippen LogP contribution in [0.1, 0.15) is 33.6 Å². The van der Waals surface area contributed by atoms with Gasteiger partial charge in [-0.05, 0) is 19.8 Å². The molecular formula is C12H20O5. The van der Waals surface area contributed by atoms with Gasteiger partial charge in [0.1, 0.15) is 18.3 Å². The van der Waals surface area contributed by atoms with Crippen LogP contribution in [0.25, 0.3) is 0 Å². The Morgan fingerprint density at radius 2 is 1.35 bits per heavy atom. The predicted molar refractivity (Wildman–Crippen MR) is 58.2 cm³/mol. The van der Waals surface area contributed by atoms with Gasteiger partial charge >= 0.3 is 0 Å². The highest BCUT2D eigenvalue weighted by Crippen LogP contribution is 2.39. The second-order valence-electron chi connectivity index (χ2n) is 4.82. The van der Waals surface area contributed by atoms with E-state index in [9.17, 15) is 0 Å². The molecule has 0 aliphatic carbocycles. The van der Waals surface area contributed by atoms with Crippen LogP contribution in [0.15, 0.2) is 0 Å². The van der Waals surface area contributed by atoms with Crippen molar-refractivity contribution in [1.29, 1.82) is 0 Å². The van der Waals surface area contributed by atoms with Crippen molar-refractivity contribution in [3.8, 4) is 0 Å². The molecule has 0 aromatic heterocycles. The van der Waals surface area contributed by atoms with E-state index in [2.05, 4.69) is 0 Å². The van der Waals surface area contributed by atoms with Crippen molar-refractivity contribution < 1.29 is 23.7 Å². The Balaban J connectivity index is 1.73. The molecule has 3 aliphatic rings. The Morgan fingerprint density at radius 3 is 2.06 bits per heavy atom. The van der Waals surface area contributed by atoms with Gasteiger partial charge < -0.3 is 23.7 Å². The highest BCUT2D eigenvalue weighted by molar-refractivity contribution is 4.96. The molecule has 7 unspecified atom stereocenters. The van der Waals surface area contributed by atoms with E-state index in [1.54, 1.807) is 0 Å². The molecular weight excluding hydrogens is 224 g/mol. The molecule has 3 aliphatic heterocycles. The zero-order chi connectivity index (χ0) is 12.0. The summed E-state index contributed by atoms with van der Waals surface area (Å²) in [4.78, 5) is 0. The van der Waals surface area contributed by atoms with Crippen molar-refractivity contribution in [2.45, 2.75) is 76.9 Å². The van der Waals surface area contributed by atoms with E-state index in [4.69, 9.17) is 23.7 Å². The van der Waals surface area contributed by atoms with Crippen molar-refractivity contribution in [2.24, 2.45) is 0 Å². The van der Waals surface area contributed by atoms with Gasteiger partial charge in [-0.25, -0.2) is 0 Å². The molecule has 5 nitrogen and oxygen atoms in total. The Hall–Kier alpha value is -0.200. The maximum atomic E-state index is 5.88. The normalized spacial score (nSPS) is 53.5. The van der Waals surface area contributed by atoms with Crippen LogP contribution in [0.3, 0.4) is 0 Å². The minimum atomic E-state index is -0.295. The molecule has 98 valence electrons. The predicted octanol–water partition coefficient (Wildman–Crippen LogP) is 1.40. The number of fused-ring (bicyclic) bond motifs is 3. The first-order valence-electron chi connectivity index (χ1n) is 6.50. The molecule has 0 aromatic carbocycles. The van der Waals surface area contributed by atoms with Gasteiger partial charge in [0.25, 0.3) is 0 Å². The fraction of sp³-hybridized carbons (Fsp3) is 1.00. The van der Waals surface area contributed by atoms with Crippen molar-refractivity contribution >= 4 is 0 Å². The lowest BCUT2D eigenvalue weighted by atomic mass is 10.1. The SMILES string of the molecule is CCC1OC2OC3C(C)OC(CC)OC3C2O1. The van der Waals surface area contributed by atoms with E-state index < -0.39 is 0 Å². The standard InChI is InChI=1S/C12H20O5/c1-4-7-13-6(3)9-10(14-7)11-12(17-9)16-8(5-2)15-11/h6-12H,4-5H2,1-3H3. The Bertz CT molecular complexity index is 284. The first kappa shape index (κ1) is 11.9. The van der Waals surface area contributed by atoms with Gasteiger partial charge in [-0.2, -0.15) is 0 Å². The van der Waals surface area contributed by atoms with Crippen molar-refractivity contribution in [3.05, 3.63) is 0 Å². The summed E-state index contributed by atoms with van der Waals surface area (Å²) in [5.41, 5.74) is 0. The van der Waals surface area contributed by atoms with Gasteiger partial charge in [0.2, 0.25) is 0 Å². The Kier molecular flexibility index (Phi) is 3.13. The molecule has 7 atom stereocenters. The lowest BCUT2D eigenvalue weighted by molar-refractivity contribution is -0.293. The van der Waals surface area contributed by atoms with Crippen LogP contribution in [0, 0.1) is 0 Å². The number of hydrogen-bond acceptors (Lipinski definition) is 5. The summed E-state index contributed by atoms with van der Waals surface area (Å²) in [6.45, 7) is 6.10. The molecule has 3 saturated heterocycles. The molecule has 0 bridgehead atoms. The third-order valence-electron chi connectivity index (χ3n) is 3.61. The molecule has 0 radical (unpaired) electrons. The van der Waals surface area contributed by atoms with Gasteiger partial charge in [0, 0.05) is 0 Å². The van der Waals surface area contributed by atoms with Crippen LogP contribution in [-0.4, -0.2) is 43.3 Å². The molecule has 0 amide bonds. The van der Waals surface area contributed by atoms with Crippen LogP contribution < -0.4 is 0 Å². The highest BCUT2D eigenvalue weighted by atomic mass is 16.8. The first-order chi connectivity index (χ1) is 8.22. The second-order valence-corrected chi connectivity index (χ2v) is 4.82. The van der Waals surface area contributed by atoms with Crippen LogP contribution in [-0.2, 0) is 23.7 Å². The van der Waals surface area contributed by atoms with E-state index in [0.717, 1.165) is 12.8 Å². The third kappa shape index (κ3) is 1.90. The molecule has 5 heteroatoms. The highest BCUT2D eigenvalue weighted by Gasteiger charge is 2.56. The van der Waals surface area contributed by atoms with Crippen LogP contribution >= 0.6 is 0 Å². The summed E-state index contributed by atoms with van der Waals surface area (Å²) in [7, 11) is 0. The van der Waals surface area contributed by atoms with Gasteiger partial charge in [0.15, 0.2) is 18.9 Å². The first-order valence-corrected chi connectivity index (χ1v) is 6.50. The van der Waals surface area contributed by atoms with Gasteiger partial charge in [-0.1, -0.05) is 13.8 Å². The number of ether oxygens (including phenoxy) is 5. The van der Waals surface area contributed by atoms with Crippen molar-refractivity contribution in [2.75, 3.05) is 0 Å². The maximum absolute atomic E-state index is 5.88. The van der Waals surface area contributed by atoms with Gasteiger partial charge in [0.05, 0.1) is 6.10 Å². The molecule has 3 heterocycles. The third-order valence-corrected chi connectivity index (χ3v) is 3.61. The Morgan fingerprint density at radius 1 is 0.706 bits per heavy atom. The van der Waals surface area contributed by atoms with Gasteiger partial charge in [-0.15, -0.1) is 0 Å². The summed E-state index contributed by atoms with van der Waals surface area (Å²) in [5, 5.41) is 0. The van der Waals surface area contributed by atoms with Gasteiger partial charge in [-0.3, -0.25) is 0 Å². The van der Waals surface area contributed by atoms with E-state index in [1.165, 1.54) is 0 Å². The van der Waals surface area contributed by atoms with Crippen LogP contribution in [0.5, 0.6) is 0 Å². The average Bonchev–Trinajstić information content (AvgIpc) is 2.86. The largest absolute Gasteiger partial charge is 0.347 e. The monoisotopic (exact) mass is 244 g/mol. The molecule has 0 aromatic rings. The summed E-state index contributed by atoms with van der Waals surface area (Å²) in [5.74, 6) is 0. The molecule has 0 spiro atoms. The summed E-state index contributed by atoms with van der Waals surface area (Å²) in [6, 6.07) is 0. The molecule has 0 N–H and O–H groups in total. The van der Waals surface area contributed by atoms with Crippen LogP contribution in [0.4, 0.5) is 0 Å². The topological polar surface area (TPSA) is 46.2 Å². The Labute approximate surface area is 101 Å².